The van der Waals surface area contributed by atoms with Crippen molar-refractivity contribution >= 4 is 17.3 Å². The fourth-order valence-corrected chi connectivity index (χ4v) is 1.68. The lowest BCUT2D eigenvalue weighted by molar-refractivity contribution is -0.116. The van der Waals surface area contributed by atoms with Crippen molar-refractivity contribution in [2.75, 3.05) is 17.7 Å². The van der Waals surface area contributed by atoms with Gasteiger partial charge in [0.25, 0.3) is 0 Å². The molecule has 2 aromatic rings. The van der Waals surface area contributed by atoms with Crippen LogP contribution in [0.15, 0.2) is 42.5 Å². The minimum Gasteiger partial charge on any atom is -0.491 e. The molecule has 0 saturated heterocycles. The lowest BCUT2D eigenvalue weighted by atomic mass is 10.2. The Balaban J connectivity index is 1.87. The highest BCUT2D eigenvalue weighted by Crippen LogP contribution is 2.20. The predicted octanol–water partition coefficient (Wildman–Crippen LogP) is 2.95. The maximum Gasteiger partial charge on any atom is 0.227 e. The van der Waals surface area contributed by atoms with E-state index in [1.165, 1.54) is 6.07 Å². The number of benzene rings is 2. The summed E-state index contributed by atoms with van der Waals surface area (Å²) < 4.78 is 32.0. The molecule has 0 saturated carbocycles. The Morgan fingerprint density at radius 3 is 2.43 bits per heavy atom. The lowest BCUT2D eigenvalue weighted by Gasteiger charge is -2.09. The first-order chi connectivity index (χ1) is 10.1. The molecule has 0 radical (unpaired) electrons. The Morgan fingerprint density at radius 1 is 1.10 bits per heavy atom. The Labute approximate surface area is 120 Å². The summed E-state index contributed by atoms with van der Waals surface area (Å²) >= 11 is 0. The van der Waals surface area contributed by atoms with Gasteiger partial charge in [0, 0.05) is 0 Å². The number of halogens is 2. The highest BCUT2D eigenvalue weighted by molar-refractivity contribution is 5.91. The molecule has 0 bridgehead atoms. The van der Waals surface area contributed by atoms with Gasteiger partial charge in [-0.25, -0.2) is 8.78 Å². The zero-order chi connectivity index (χ0) is 15.2. The van der Waals surface area contributed by atoms with Gasteiger partial charge in [-0.1, -0.05) is 18.2 Å². The van der Waals surface area contributed by atoms with Crippen LogP contribution in [0.4, 0.5) is 20.2 Å². The van der Waals surface area contributed by atoms with Crippen molar-refractivity contribution in [2.24, 2.45) is 0 Å². The Kier molecular flexibility index (Phi) is 4.71. The molecule has 0 aliphatic rings. The molecular formula is C15H14F2N2O2. The van der Waals surface area contributed by atoms with Crippen LogP contribution in [0.3, 0.4) is 0 Å². The number of nitrogen functional groups attached to an aromatic ring is 1. The first-order valence-corrected chi connectivity index (χ1v) is 6.29. The molecule has 0 spiro atoms. The van der Waals surface area contributed by atoms with Crippen LogP contribution in [0, 0.1) is 11.6 Å². The number of anilines is 2. The second-order valence-electron chi connectivity index (χ2n) is 4.28. The van der Waals surface area contributed by atoms with Gasteiger partial charge < -0.3 is 15.8 Å². The Hall–Kier alpha value is -2.63. The zero-order valence-corrected chi connectivity index (χ0v) is 11.1. The Morgan fingerprint density at radius 2 is 1.76 bits per heavy atom. The van der Waals surface area contributed by atoms with Gasteiger partial charge in [-0.05, 0) is 24.3 Å². The summed E-state index contributed by atoms with van der Waals surface area (Å²) in [6, 6.07) is 10.2. The largest absolute Gasteiger partial charge is 0.491 e. The van der Waals surface area contributed by atoms with Crippen LogP contribution in [0.1, 0.15) is 6.42 Å². The minimum absolute atomic E-state index is 0.0517. The SMILES string of the molecule is Nc1ccccc1OCCC(=O)Nc1c(F)cccc1F. The van der Waals surface area contributed by atoms with E-state index in [0.717, 1.165) is 12.1 Å². The van der Waals surface area contributed by atoms with Crippen LogP contribution >= 0.6 is 0 Å². The number of para-hydroxylation sites is 3. The van der Waals surface area contributed by atoms with Crippen molar-refractivity contribution in [1.82, 2.24) is 0 Å². The van der Waals surface area contributed by atoms with Crippen molar-refractivity contribution < 1.29 is 18.3 Å². The molecular weight excluding hydrogens is 278 g/mol. The normalized spacial score (nSPS) is 10.2. The minimum atomic E-state index is -0.823. The van der Waals surface area contributed by atoms with Crippen LogP contribution in [0.2, 0.25) is 0 Å². The van der Waals surface area contributed by atoms with Gasteiger partial charge in [0.2, 0.25) is 5.91 Å². The van der Waals surface area contributed by atoms with Crippen LogP contribution in [-0.2, 0) is 4.79 Å². The molecule has 1 amide bonds. The number of rotatable bonds is 5. The summed E-state index contributed by atoms with van der Waals surface area (Å²) in [6.07, 6.45) is -0.0535. The average molecular weight is 292 g/mol. The fourth-order valence-electron chi connectivity index (χ4n) is 1.68. The molecule has 0 aliphatic heterocycles. The molecule has 0 atom stereocenters. The average Bonchev–Trinajstić information content (AvgIpc) is 2.45. The molecule has 0 aromatic heterocycles. The maximum atomic E-state index is 13.3. The number of hydrogen-bond donors (Lipinski definition) is 2. The van der Waals surface area contributed by atoms with E-state index in [0.29, 0.717) is 11.4 Å². The van der Waals surface area contributed by atoms with Crippen molar-refractivity contribution in [3.8, 4) is 5.75 Å². The van der Waals surface area contributed by atoms with Gasteiger partial charge >= 0.3 is 0 Å². The topological polar surface area (TPSA) is 64.3 Å². The van der Waals surface area contributed by atoms with E-state index in [9.17, 15) is 13.6 Å². The highest BCUT2D eigenvalue weighted by Gasteiger charge is 2.11. The molecule has 6 heteroatoms. The first-order valence-electron chi connectivity index (χ1n) is 6.29. The van der Waals surface area contributed by atoms with Crippen LogP contribution in [0.5, 0.6) is 5.75 Å². The molecule has 0 aliphatic carbocycles. The van der Waals surface area contributed by atoms with Crippen LogP contribution < -0.4 is 15.8 Å². The second-order valence-corrected chi connectivity index (χ2v) is 4.28. The summed E-state index contributed by atoms with van der Waals surface area (Å²) in [5.41, 5.74) is 5.68. The summed E-state index contributed by atoms with van der Waals surface area (Å²) in [5.74, 6) is -1.73. The van der Waals surface area contributed by atoms with E-state index in [2.05, 4.69) is 5.32 Å². The van der Waals surface area contributed by atoms with Crippen molar-refractivity contribution in [3.63, 3.8) is 0 Å². The van der Waals surface area contributed by atoms with Crippen molar-refractivity contribution in [1.29, 1.82) is 0 Å². The lowest BCUT2D eigenvalue weighted by Crippen LogP contribution is -2.17. The third kappa shape index (κ3) is 3.92. The van der Waals surface area contributed by atoms with E-state index >= 15 is 0 Å². The summed E-state index contributed by atoms with van der Waals surface area (Å²) in [6.45, 7) is 0.0517. The molecule has 0 unspecified atom stereocenters. The number of hydrogen-bond acceptors (Lipinski definition) is 3. The number of nitrogens with one attached hydrogen (secondary N) is 1. The molecule has 2 aromatic carbocycles. The van der Waals surface area contributed by atoms with Gasteiger partial charge in [-0.2, -0.15) is 0 Å². The summed E-state index contributed by atoms with van der Waals surface area (Å²) in [5, 5.41) is 2.18. The zero-order valence-electron chi connectivity index (χ0n) is 11.1. The number of amides is 1. The third-order valence-electron chi connectivity index (χ3n) is 2.73. The summed E-state index contributed by atoms with van der Waals surface area (Å²) in [7, 11) is 0. The quantitative estimate of drug-likeness (QED) is 0.833. The molecule has 0 heterocycles. The fraction of sp³-hybridized carbons (Fsp3) is 0.133. The van der Waals surface area contributed by atoms with E-state index < -0.39 is 23.2 Å². The van der Waals surface area contributed by atoms with Gasteiger partial charge in [0.15, 0.2) is 0 Å². The number of carbonyl (C=O) groups is 1. The molecule has 110 valence electrons. The van der Waals surface area contributed by atoms with E-state index in [1.807, 2.05) is 0 Å². The van der Waals surface area contributed by atoms with Gasteiger partial charge in [0.05, 0.1) is 18.7 Å². The van der Waals surface area contributed by atoms with E-state index in [-0.39, 0.29) is 13.0 Å². The highest BCUT2D eigenvalue weighted by atomic mass is 19.1. The molecule has 3 N–H and O–H groups in total. The van der Waals surface area contributed by atoms with Gasteiger partial charge in [-0.15, -0.1) is 0 Å². The molecule has 4 nitrogen and oxygen atoms in total. The third-order valence-corrected chi connectivity index (χ3v) is 2.73. The molecule has 21 heavy (non-hydrogen) atoms. The number of nitrogens with two attached hydrogens (primary N) is 1. The number of ether oxygens (including phenoxy) is 1. The maximum absolute atomic E-state index is 13.3. The first kappa shape index (κ1) is 14.8. The van der Waals surface area contributed by atoms with E-state index in [4.69, 9.17) is 10.5 Å². The standard InChI is InChI=1S/C15H14F2N2O2/c16-10-4-3-5-11(17)15(10)19-14(20)8-9-21-13-7-2-1-6-12(13)18/h1-7H,8-9,18H2,(H,19,20). The smallest absolute Gasteiger partial charge is 0.227 e. The summed E-state index contributed by atoms with van der Waals surface area (Å²) in [4.78, 5) is 11.6. The van der Waals surface area contributed by atoms with E-state index in [1.54, 1.807) is 24.3 Å². The van der Waals surface area contributed by atoms with Crippen molar-refractivity contribution in [2.45, 2.75) is 6.42 Å². The monoisotopic (exact) mass is 292 g/mol. The number of carbonyl (C=O) groups excluding carboxylic acids is 1. The molecule has 2 rings (SSSR count). The van der Waals surface area contributed by atoms with Crippen LogP contribution in [0.25, 0.3) is 0 Å². The predicted molar refractivity (Wildman–Crippen MR) is 76.0 cm³/mol. The van der Waals surface area contributed by atoms with Crippen LogP contribution in [-0.4, -0.2) is 12.5 Å². The van der Waals surface area contributed by atoms with Gasteiger partial charge in [0.1, 0.15) is 23.1 Å². The van der Waals surface area contributed by atoms with Crippen molar-refractivity contribution in [3.05, 3.63) is 54.1 Å². The molecule has 0 fully saturated rings. The Bertz CT molecular complexity index is 627. The second kappa shape index (κ2) is 6.69. The van der Waals surface area contributed by atoms with Gasteiger partial charge in [-0.3, -0.25) is 4.79 Å².